The number of nitrogens with zero attached hydrogens (tertiary/aromatic N) is 3. The van der Waals surface area contributed by atoms with Gasteiger partial charge in [0.1, 0.15) is 11.4 Å². The molecule has 1 aromatic rings. The monoisotopic (exact) mass is 392 g/mol. The normalized spacial score (nSPS) is 23.4. The summed E-state index contributed by atoms with van der Waals surface area (Å²) in [7, 11) is -3.83. The van der Waals surface area contributed by atoms with E-state index < -0.39 is 29.0 Å². The SMILES string of the molecule is O=C(O)CN(CC1CC1)C1CC(NS(=O)(=O)c2cnn(CC(F)F)c2)C1. The van der Waals surface area contributed by atoms with Crippen LogP contribution in [0.1, 0.15) is 25.7 Å². The standard InChI is InChI=1S/C15H22F2N4O4S/c16-14(17)8-21-7-13(5-18-21)26(24,25)19-11-3-12(4-11)20(9-15(22)23)6-10-1-2-10/h5,7,10-12,14,19H,1-4,6,8-9H2,(H,22,23). The van der Waals surface area contributed by atoms with Gasteiger partial charge in [0, 0.05) is 24.8 Å². The molecule has 0 aliphatic heterocycles. The predicted octanol–water partition coefficient (Wildman–Crippen LogP) is 0.754. The molecule has 0 atom stereocenters. The maximum absolute atomic E-state index is 12.3. The first-order chi connectivity index (χ1) is 12.2. The van der Waals surface area contributed by atoms with E-state index in [1.54, 1.807) is 0 Å². The number of carboxylic acids is 1. The van der Waals surface area contributed by atoms with Gasteiger partial charge in [-0.3, -0.25) is 14.4 Å². The van der Waals surface area contributed by atoms with Crippen LogP contribution in [0.5, 0.6) is 0 Å². The summed E-state index contributed by atoms with van der Waals surface area (Å²) in [6, 6.07) is -0.250. The molecule has 2 aliphatic rings. The maximum Gasteiger partial charge on any atom is 0.317 e. The van der Waals surface area contributed by atoms with Gasteiger partial charge in [0.2, 0.25) is 10.0 Å². The third-order valence-electron chi connectivity index (χ3n) is 4.72. The van der Waals surface area contributed by atoms with Crippen LogP contribution in [0.2, 0.25) is 0 Å². The molecule has 2 saturated carbocycles. The number of aromatic nitrogens is 2. The molecule has 3 rings (SSSR count). The Morgan fingerprint density at radius 3 is 2.69 bits per heavy atom. The summed E-state index contributed by atoms with van der Waals surface area (Å²) in [5.41, 5.74) is 0. The molecule has 0 radical (unpaired) electrons. The van der Waals surface area contributed by atoms with Crippen molar-refractivity contribution in [1.29, 1.82) is 0 Å². The van der Waals surface area contributed by atoms with E-state index in [0.717, 1.165) is 36.5 Å². The first-order valence-electron chi connectivity index (χ1n) is 8.51. The number of alkyl halides is 2. The van der Waals surface area contributed by atoms with Crippen LogP contribution in [0.4, 0.5) is 8.78 Å². The van der Waals surface area contributed by atoms with Crippen LogP contribution in [0.25, 0.3) is 0 Å². The molecule has 0 spiro atoms. The fourth-order valence-corrected chi connectivity index (χ4v) is 4.36. The molecule has 1 heterocycles. The summed E-state index contributed by atoms with van der Waals surface area (Å²) in [6.07, 6.45) is 2.80. The number of hydrogen-bond donors (Lipinski definition) is 2. The van der Waals surface area contributed by atoms with Crippen molar-refractivity contribution in [1.82, 2.24) is 19.4 Å². The summed E-state index contributed by atoms with van der Waals surface area (Å²) < 4.78 is 52.7. The minimum atomic E-state index is -3.83. The summed E-state index contributed by atoms with van der Waals surface area (Å²) in [4.78, 5) is 12.8. The van der Waals surface area contributed by atoms with Gasteiger partial charge < -0.3 is 5.11 Å². The minimum absolute atomic E-state index is 0.0406. The largest absolute Gasteiger partial charge is 0.480 e. The number of sulfonamides is 1. The van der Waals surface area contributed by atoms with E-state index in [4.69, 9.17) is 5.11 Å². The topological polar surface area (TPSA) is 105 Å². The van der Waals surface area contributed by atoms with Gasteiger partial charge in [-0.15, -0.1) is 0 Å². The van der Waals surface area contributed by atoms with Crippen LogP contribution in [0.15, 0.2) is 17.3 Å². The lowest BCUT2D eigenvalue weighted by atomic mass is 9.86. The number of halogens is 2. The van der Waals surface area contributed by atoms with Gasteiger partial charge >= 0.3 is 5.97 Å². The zero-order valence-electron chi connectivity index (χ0n) is 14.1. The average molecular weight is 392 g/mol. The van der Waals surface area contributed by atoms with Crippen LogP contribution in [0, 0.1) is 5.92 Å². The van der Waals surface area contributed by atoms with Crippen molar-refractivity contribution in [2.75, 3.05) is 13.1 Å². The van der Waals surface area contributed by atoms with E-state index >= 15 is 0 Å². The lowest BCUT2D eigenvalue weighted by molar-refractivity contribution is -0.139. The molecule has 11 heteroatoms. The van der Waals surface area contributed by atoms with Crippen molar-refractivity contribution in [2.45, 2.75) is 55.6 Å². The Morgan fingerprint density at radius 1 is 1.42 bits per heavy atom. The smallest absolute Gasteiger partial charge is 0.317 e. The van der Waals surface area contributed by atoms with Crippen molar-refractivity contribution in [3.63, 3.8) is 0 Å². The molecule has 1 aromatic heterocycles. The molecule has 0 aromatic carbocycles. The van der Waals surface area contributed by atoms with E-state index in [1.807, 2.05) is 4.90 Å². The summed E-state index contributed by atoms with van der Waals surface area (Å²) >= 11 is 0. The predicted molar refractivity (Wildman–Crippen MR) is 87.3 cm³/mol. The second-order valence-corrected chi connectivity index (χ2v) is 8.71. The summed E-state index contributed by atoms with van der Waals surface area (Å²) in [6.45, 7) is 0.0320. The molecule has 0 unspecified atom stereocenters. The molecular weight excluding hydrogens is 370 g/mol. The van der Waals surface area contributed by atoms with Gasteiger partial charge in [-0.05, 0) is 31.6 Å². The third kappa shape index (κ3) is 4.98. The summed E-state index contributed by atoms with van der Waals surface area (Å²) in [5.74, 6) is -0.341. The Morgan fingerprint density at radius 2 is 2.12 bits per heavy atom. The van der Waals surface area contributed by atoms with E-state index in [9.17, 15) is 22.0 Å². The molecule has 2 aliphatic carbocycles. The molecule has 8 nitrogen and oxygen atoms in total. The molecule has 0 saturated heterocycles. The second-order valence-electron chi connectivity index (χ2n) is 7.00. The fourth-order valence-electron chi connectivity index (χ4n) is 3.14. The second kappa shape index (κ2) is 7.57. The highest BCUT2D eigenvalue weighted by Gasteiger charge is 2.39. The molecule has 2 N–H and O–H groups in total. The van der Waals surface area contributed by atoms with E-state index in [0.29, 0.717) is 18.8 Å². The van der Waals surface area contributed by atoms with Crippen molar-refractivity contribution < 1.29 is 27.1 Å². The zero-order chi connectivity index (χ0) is 18.9. The van der Waals surface area contributed by atoms with Gasteiger partial charge in [-0.25, -0.2) is 21.9 Å². The molecule has 0 bridgehead atoms. The van der Waals surface area contributed by atoms with Gasteiger partial charge in [-0.2, -0.15) is 5.10 Å². The Hall–Kier alpha value is -1.59. The van der Waals surface area contributed by atoms with Crippen molar-refractivity contribution in [3.05, 3.63) is 12.4 Å². The Labute approximate surface area is 150 Å². The maximum atomic E-state index is 12.3. The number of hydrogen-bond acceptors (Lipinski definition) is 5. The van der Waals surface area contributed by atoms with Crippen LogP contribution in [0.3, 0.4) is 0 Å². The van der Waals surface area contributed by atoms with Gasteiger partial charge in [-0.1, -0.05) is 0 Å². The lowest BCUT2D eigenvalue weighted by Crippen LogP contribution is -2.55. The van der Waals surface area contributed by atoms with Gasteiger partial charge in [0.25, 0.3) is 6.43 Å². The Balaban J connectivity index is 1.53. The third-order valence-corrected chi connectivity index (χ3v) is 6.20. The van der Waals surface area contributed by atoms with Crippen LogP contribution >= 0.6 is 0 Å². The van der Waals surface area contributed by atoms with E-state index in [1.165, 1.54) is 0 Å². The molecule has 0 amide bonds. The molecule has 146 valence electrons. The van der Waals surface area contributed by atoms with Crippen molar-refractivity contribution in [3.8, 4) is 0 Å². The highest BCUT2D eigenvalue weighted by Crippen LogP contribution is 2.34. The van der Waals surface area contributed by atoms with Gasteiger partial charge in [0.15, 0.2) is 0 Å². The molecule has 26 heavy (non-hydrogen) atoms. The Kier molecular flexibility index (Phi) is 5.58. The number of carboxylic acid groups (broad SMARTS) is 1. The van der Waals surface area contributed by atoms with Gasteiger partial charge in [0.05, 0.1) is 12.7 Å². The van der Waals surface area contributed by atoms with Crippen LogP contribution in [-0.2, 0) is 21.4 Å². The van der Waals surface area contributed by atoms with Crippen LogP contribution in [-0.4, -0.2) is 65.8 Å². The zero-order valence-corrected chi connectivity index (χ0v) is 14.9. The van der Waals surface area contributed by atoms with Crippen LogP contribution < -0.4 is 4.72 Å². The number of nitrogens with one attached hydrogen (secondary N) is 1. The number of carbonyl (C=O) groups is 1. The number of aliphatic carboxylic acids is 1. The van der Waals surface area contributed by atoms with Crippen molar-refractivity contribution >= 4 is 16.0 Å². The molecular formula is C15H22F2N4O4S. The number of rotatable bonds is 10. The van der Waals surface area contributed by atoms with Crippen molar-refractivity contribution in [2.24, 2.45) is 5.92 Å². The van der Waals surface area contributed by atoms with E-state index in [-0.39, 0.29) is 23.5 Å². The Bertz CT molecular complexity index is 745. The highest BCUT2D eigenvalue weighted by molar-refractivity contribution is 7.89. The average Bonchev–Trinajstić information content (AvgIpc) is 3.16. The first-order valence-corrected chi connectivity index (χ1v) is 10.00. The minimum Gasteiger partial charge on any atom is -0.480 e. The van der Waals surface area contributed by atoms with E-state index in [2.05, 4.69) is 9.82 Å². The summed E-state index contributed by atoms with van der Waals surface area (Å²) in [5, 5.41) is 12.7. The quantitative estimate of drug-likeness (QED) is 0.609. The molecule has 2 fully saturated rings. The lowest BCUT2D eigenvalue weighted by Gasteiger charge is -2.42. The first kappa shape index (κ1) is 19.2. The fraction of sp³-hybridized carbons (Fsp3) is 0.733. The highest BCUT2D eigenvalue weighted by atomic mass is 32.2.